The topological polar surface area (TPSA) is 57.6 Å². The zero-order chi connectivity index (χ0) is 17.7. The Morgan fingerprint density at radius 2 is 2.04 bits per heavy atom. The zero-order valence-corrected chi connectivity index (χ0v) is 13.9. The number of aliphatic hydroxyl groups excluding tert-OH is 1. The van der Waals surface area contributed by atoms with Gasteiger partial charge in [-0.25, -0.2) is 4.98 Å². The number of alkyl halides is 3. The van der Waals surface area contributed by atoms with Crippen molar-refractivity contribution in [2.45, 2.75) is 44.6 Å². The Labute approximate surface area is 139 Å². The van der Waals surface area contributed by atoms with E-state index in [1.165, 1.54) is 6.07 Å². The largest absolute Gasteiger partial charge is 0.474 e. The van der Waals surface area contributed by atoms with Gasteiger partial charge in [0, 0.05) is 31.7 Å². The molecule has 1 aliphatic rings. The molecule has 0 aromatic carbocycles. The van der Waals surface area contributed by atoms with E-state index in [0.717, 1.165) is 32.0 Å². The van der Waals surface area contributed by atoms with Crippen LogP contribution in [-0.2, 0) is 12.7 Å². The monoisotopic (exact) mass is 347 g/mol. The summed E-state index contributed by atoms with van der Waals surface area (Å²) in [5.41, 5.74) is -0.526. The average molecular weight is 347 g/mol. The van der Waals surface area contributed by atoms with Gasteiger partial charge in [0.15, 0.2) is 0 Å². The van der Waals surface area contributed by atoms with Crippen molar-refractivity contribution >= 4 is 0 Å². The molecule has 2 heterocycles. The van der Waals surface area contributed by atoms with Gasteiger partial charge >= 0.3 is 6.18 Å². The normalized spacial score (nSPS) is 18.6. The molecule has 0 amide bonds. The third-order valence-electron chi connectivity index (χ3n) is 4.03. The van der Waals surface area contributed by atoms with Crippen molar-refractivity contribution in [3.63, 3.8) is 0 Å². The van der Waals surface area contributed by atoms with Crippen LogP contribution < -0.4 is 10.1 Å². The lowest BCUT2D eigenvalue weighted by Gasteiger charge is -2.29. The number of likely N-dealkylation sites (tertiary alicyclic amines) is 1. The summed E-state index contributed by atoms with van der Waals surface area (Å²) in [4.78, 5) is 5.78. The highest BCUT2D eigenvalue weighted by Gasteiger charge is 2.33. The van der Waals surface area contributed by atoms with Crippen molar-refractivity contribution in [2.75, 3.05) is 26.7 Å². The smallest absolute Gasteiger partial charge is 0.433 e. The molecule has 0 saturated carbocycles. The molecule has 136 valence electrons. The number of piperidine rings is 1. The van der Waals surface area contributed by atoms with E-state index in [-0.39, 0.29) is 31.2 Å². The average Bonchev–Trinajstić information content (AvgIpc) is 2.54. The second kappa shape index (κ2) is 8.13. The van der Waals surface area contributed by atoms with Gasteiger partial charge in [-0.15, -0.1) is 0 Å². The van der Waals surface area contributed by atoms with Crippen LogP contribution in [0.2, 0.25) is 0 Å². The maximum absolute atomic E-state index is 13.1. The van der Waals surface area contributed by atoms with Crippen LogP contribution in [0, 0.1) is 0 Å². The summed E-state index contributed by atoms with van der Waals surface area (Å²) in [6.45, 7) is 3.58. The summed E-state index contributed by atoms with van der Waals surface area (Å²) in [6.07, 6.45) is -3.11. The van der Waals surface area contributed by atoms with Crippen LogP contribution in [-0.4, -0.2) is 53.9 Å². The number of rotatable bonds is 6. The maximum atomic E-state index is 13.1. The fourth-order valence-electron chi connectivity index (χ4n) is 2.50. The van der Waals surface area contributed by atoms with E-state index in [1.54, 1.807) is 6.92 Å². The summed E-state index contributed by atoms with van der Waals surface area (Å²) >= 11 is 0. The molecule has 0 unspecified atom stereocenters. The molecule has 1 fully saturated rings. The molecule has 1 aromatic rings. The highest BCUT2D eigenvalue weighted by atomic mass is 19.4. The number of aliphatic hydroxyl groups is 1. The molecule has 24 heavy (non-hydrogen) atoms. The molecule has 2 N–H and O–H groups in total. The van der Waals surface area contributed by atoms with Crippen LogP contribution in [0.5, 0.6) is 5.88 Å². The third-order valence-corrected chi connectivity index (χ3v) is 4.03. The molecule has 0 spiro atoms. The molecule has 0 bridgehead atoms. The second-order valence-corrected chi connectivity index (χ2v) is 6.28. The van der Waals surface area contributed by atoms with Crippen molar-refractivity contribution in [3.8, 4) is 5.88 Å². The van der Waals surface area contributed by atoms with E-state index in [4.69, 9.17) is 9.84 Å². The van der Waals surface area contributed by atoms with Gasteiger partial charge in [0.1, 0.15) is 11.8 Å². The Balaban J connectivity index is 2.13. The van der Waals surface area contributed by atoms with Crippen LogP contribution in [0.1, 0.15) is 31.0 Å². The van der Waals surface area contributed by atoms with E-state index in [2.05, 4.69) is 15.2 Å². The second-order valence-electron chi connectivity index (χ2n) is 6.28. The fourth-order valence-corrected chi connectivity index (χ4v) is 2.50. The van der Waals surface area contributed by atoms with Gasteiger partial charge in [-0.2, -0.15) is 13.2 Å². The van der Waals surface area contributed by atoms with Crippen molar-refractivity contribution in [2.24, 2.45) is 0 Å². The molecule has 1 saturated heterocycles. The first-order valence-corrected chi connectivity index (χ1v) is 8.05. The minimum absolute atomic E-state index is 0.00725. The number of hydrogen-bond acceptors (Lipinski definition) is 5. The number of hydrogen-bond donors (Lipinski definition) is 2. The van der Waals surface area contributed by atoms with Gasteiger partial charge in [-0.1, -0.05) is 0 Å². The molecule has 1 aromatic heterocycles. The molecule has 8 heteroatoms. The predicted octanol–water partition coefficient (Wildman–Crippen LogP) is 2.04. The van der Waals surface area contributed by atoms with E-state index >= 15 is 0 Å². The SMILES string of the molecule is C[C@@H](CO)NCc1cc(OC2CCN(C)CC2)nc(C(F)(F)F)c1. The van der Waals surface area contributed by atoms with Crippen molar-refractivity contribution < 1.29 is 23.0 Å². The van der Waals surface area contributed by atoms with E-state index in [9.17, 15) is 13.2 Å². The number of pyridine rings is 1. The van der Waals surface area contributed by atoms with E-state index in [0.29, 0.717) is 5.56 Å². The highest BCUT2D eigenvalue weighted by Crippen LogP contribution is 2.30. The Hall–Kier alpha value is -1.38. The Morgan fingerprint density at radius 3 is 2.62 bits per heavy atom. The minimum Gasteiger partial charge on any atom is -0.474 e. The molecular weight excluding hydrogens is 323 g/mol. The summed E-state index contributed by atoms with van der Waals surface area (Å²) in [7, 11) is 2.00. The predicted molar refractivity (Wildman–Crippen MR) is 83.8 cm³/mol. The van der Waals surface area contributed by atoms with Crippen LogP contribution in [0.4, 0.5) is 13.2 Å². The van der Waals surface area contributed by atoms with Gasteiger partial charge in [0.2, 0.25) is 5.88 Å². The first kappa shape index (κ1) is 19.0. The van der Waals surface area contributed by atoms with Crippen molar-refractivity contribution in [1.82, 2.24) is 15.2 Å². The van der Waals surface area contributed by atoms with Gasteiger partial charge in [-0.3, -0.25) is 0 Å². The third kappa shape index (κ3) is 5.61. The Kier molecular flexibility index (Phi) is 6.42. The maximum Gasteiger partial charge on any atom is 0.433 e. The van der Waals surface area contributed by atoms with Gasteiger partial charge in [-0.05, 0) is 38.4 Å². The van der Waals surface area contributed by atoms with Crippen molar-refractivity contribution in [3.05, 3.63) is 23.4 Å². The molecule has 2 rings (SSSR count). The quantitative estimate of drug-likeness (QED) is 0.825. The van der Waals surface area contributed by atoms with E-state index in [1.807, 2.05) is 7.05 Å². The lowest BCUT2D eigenvalue weighted by Crippen LogP contribution is -2.36. The number of aromatic nitrogens is 1. The summed E-state index contributed by atoms with van der Waals surface area (Å²) in [6, 6.07) is 2.34. The molecule has 0 aliphatic carbocycles. The first-order valence-electron chi connectivity index (χ1n) is 8.05. The van der Waals surface area contributed by atoms with Crippen LogP contribution >= 0.6 is 0 Å². The van der Waals surface area contributed by atoms with Crippen molar-refractivity contribution in [1.29, 1.82) is 0 Å². The lowest BCUT2D eigenvalue weighted by atomic mass is 10.1. The Bertz CT molecular complexity index is 532. The molecular formula is C16H24F3N3O2. The Morgan fingerprint density at radius 1 is 1.38 bits per heavy atom. The number of ether oxygens (including phenoxy) is 1. The van der Waals surface area contributed by atoms with Gasteiger partial charge < -0.3 is 20.1 Å². The number of nitrogens with zero attached hydrogens (tertiary/aromatic N) is 2. The molecule has 1 aliphatic heterocycles. The van der Waals surface area contributed by atoms with Crippen LogP contribution in [0.15, 0.2) is 12.1 Å². The van der Waals surface area contributed by atoms with Crippen LogP contribution in [0.25, 0.3) is 0 Å². The van der Waals surface area contributed by atoms with E-state index < -0.39 is 11.9 Å². The highest BCUT2D eigenvalue weighted by molar-refractivity contribution is 5.27. The minimum atomic E-state index is -4.52. The molecule has 1 atom stereocenters. The zero-order valence-electron chi connectivity index (χ0n) is 13.9. The van der Waals surface area contributed by atoms with Crippen LogP contribution in [0.3, 0.4) is 0 Å². The molecule has 5 nitrogen and oxygen atoms in total. The lowest BCUT2D eigenvalue weighted by molar-refractivity contribution is -0.141. The first-order chi connectivity index (χ1) is 11.3. The van der Waals surface area contributed by atoms with Gasteiger partial charge in [0.25, 0.3) is 0 Å². The number of nitrogens with one attached hydrogen (secondary N) is 1. The standard InChI is InChI=1S/C16H24F3N3O2/c1-11(10-23)20-9-12-7-14(16(17,18)19)21-15(8-12)24-13-3-5-22(2)6-4-13/h7-8,11,13,20,23H,3-6,9-10H2,1-2H3/t11-/m0/s1. The summed E-state index contributed by atoms with van der Waals surface area (Å²) in [5, 5.41) is 12.0. The van der Waals surface area contributed by atoms with Gasteiger partial charge in [0.05, 0.1) is 6.61 Å². The summed E-state index contributed by atoms with van der Waals surface area (Å²) in [5.74, 6) is 0.00725. The number of halogens is 3. The fraction of sp³-hybridized carbons (Fsp3) is 0.688. The summed E-state index contributed by atoms with van der Waals surface area (Å²) < 4.78 is 44.9. The molecule has 0 radical (unpaired) electrons.